The third kappa shape index (κ3) is 4.12. The van der Waals surface area contributed by atoms with Crippen LogP contribution in [0.25, 0.3) is 11.3 Å². The van der Waals surface area contributed by atoms with Gasteiger partial charge in [0, 0.05) is 35.6 Å². The predicted octanol–water partition coefficient (Wildman–Crippen LogP) is 2.96. The van der Waals surface area contributed by atoms with Gasteiger partial charge in [-0.15, -0.1) is 0 Å². The second-order valence-corrected chi connectivity index (χ2v) is 8.91. The van der Waals surface area contributed by atoms with Crippen molar-refractivity contribution in [3.63, 3.8) is 0 Å². The summed E-state index contributed by atoms with van der Waals surface area (Å²) in [7, 11) is -0.777. The zero-order chi connectivity index (χ0) is 21.3. The molecule has 2 aromatic carbocycles. The molecule has 0 amide bonds. The Labute approximate surface area is 175 Å². The molecule has 1 heterocycles. The van der Waals surface area contributed by atoms with E-state index >= 15 is 0 Å². The number of ether oxygens (including phenoxy) is 2. The lowest BCUT2D eigenvalue weighted by Gasteiger charge is -2.14. The number of anilines is 1. The number of nitrogens with one attached hydrogen (secondary N) is 1. The van der Waals surface area contributed by atoms with Gasteiger partial charge >= 0.3 is 0 Å². The highest BCUT2D eigenvalue weighted by atomic mass is 32.2. The monoisotopic (exact) mass is 428 g/mol. The van der Waals surface area contributed by atoms with Gasteiger partial charge in [0.05, 0.1) is 30.9 Å². The number of nitrogens with zero attached hydrogens (tertiary/aromatic N) is 2. The van der Waals surface area contributed by atoms with Crippen molar-refractivity contribution in [3.05, 3.63) is 54.2 Å². The van der Waals surface area contributed by atoms with Crippen LogP contribution in [-0.4, -0.2) is 32.4 Å². The first-order valence-electron chi connectivity index (χ1n) is 9.57. The number of hydrogen-bond donors (Lipinski definition) is 2. The number of rotatable bonds is 8. The van der Waals surface area contributed by atoms with Gasteiger partial charge in [-0.05, 0) is 43.2 Å². The van der Waals surface area contributed by atoms with Gasteiger partial charge < -0.3 is 15.2 Å². The highest BCUT2D eigenvalue weighted by Gasteiger charge is 2.26. The van der Waals surface area contributed by atoms with E-state index in [1.165, 1.54) is 13.2 Å². The number of hydrogen-bond acceptors (Lipinski definition) is 6. The number of aromatic nitrogens is 2. The maximum atomic E-state index is 13.2. The Morgan fingerprint density at radius 2 is 1.93 bits per heavy atom. The Kier molecular flexibility index (Phi) is 5.40. The van der Waals surface area contributed by atoms with Crippen LogP contribution in [0, 0.1) is 0 Å². The van der Waals surface area contributed by atoms with Crippen LogP contribution in [0.2, 0.25) is 0 Å². The predicted molar refractivity (Wildman–Crippen MR) is 114 cm³/mol. The fraction of sp³-hybridized carbons (Fsp3) is 0.286. The average molecular weight is 429 g/mol. The Bertz CT molecular complexity index is 1170. The van der Waals surface area contributed by atoms with Gasteiger partial charge in [-0.3, -0.25) is 4.68 Å². The highest BCUT2D eigenvalue weighted by Crippen LogP contribution is 2.36. The Morgan fingerprint density at radius 1 is 1.13 bits per heavy atom. The fourth-order valence-corrected chi connectivity index (χ4v) is 4.50. The molecule has 0 bridgehead atoms. The molecule has 0 unspecified atom stereocenters. The quantitative estimate of drug-likeness (QED) is 0.534. The largest absolute Gasteiger partial charge is 0.497 e. The van der Waals surface area contributed by atoms with Gasteiger partial charge in [-0.2, -0.15) is 5.10 Å². The number of nitrogens with two attached hydrogens (primary N) is 1. The van der Waals surface area contributed by atoms with E-state index in [-0.39, 0.29) is 11.4 Å². The molecule has 4 rings (SSSR count). The van der Waals surface area contributed by atoms with Crippen molar-refractivity contribution in [3.8, 4) is 22.8 Å². The standard InChI is InChI=1S/C21H24N4O4S/c1-28-17-7-3-14(20(12-17)29-2)13-23-30(26,27)21-11-15(22)4-8-18(21)19-9-10-25(24-19)16-5-6-16/h3-4,7-12,16,23H,5-6,13,22H2,1-2H3. The molecule has 0 saturated heterocycles. The fourth-order valence-electron chi connectivity index (χ4n) is 3.25. The van der Waals surface area contributed by atoms with E-state index in [0.29, 0.717) is 40.0 Å². The summed E-state index contributed by atoms with van der Waals surface area (Å²) in [6.45, 7) is 0.0558. The third-order valence-electron chi connectivity index (χ3n) is 5.05. The van der Waals surface area contributed by atoms with Gasteiger partial charge in [0.2, 0.25) is 10.0 Å². The normalized spacial score (nSPS) is 13.9. The molecule has 0 atom stereocenters. The lowest BCUT2D eigenvalue weighted by atomic mass is 10.1. The summed E-state index contributed by atoms with van der Waals surface area (Å²) in [5, 5.41) is 4.56. The van der Waals surface area contributed by atoms with Crippen LogP contribution in [0.5, 0.6) is 11.5 Å². The highest BCUT2D eigenvalue weighted by molar-refractivity contribution is 7.89. The van der Waals surface area contributed by atoms with E-state index in [4.69, 9.17) is 15.2 Å². The maximum Gasteiger partial charge on any atom is 0.241 e. The molecule has 1 aliphatic carbocycles. The van der Waals surface area contributed by atoms with Gasteiger partial charge in [0.25, 0.3) is 0 Å². The molecule has 1 aromatic heterocycles. The molecule has 3 aromatic rings. The van der Waals surface area contributed by atoms with Crippen molar-refractivity contribution < 1.29 is 17.9 Å². The molecule has 158 valence electrons. The van der Waals surface area contributed by atoms with E-state index < -0.39 is 10.0 Å². The first-order valence-corrected chi connectivity index (χ1v) is 11.0. The Morgan fingerprint density at radius 3 is 2.63 bits per heavy atom. The second-order valence-electron chi connectivity index (χ2n) is 7.17. The molecule has 0 radical (unpaired) electrons. The molecule has 8 nitrogen and oxygen atoms in total. The molecule has 3 N–H and O–H groups in total. The molecule has 1 aliphatic rings. The van der Waals surface area contributed by atoms with Crippen LogP contribution in [0.15, 0.2) is 53.6 Å². The number of nitrogen functional groups attached to an aromatic ring is 1. The van der Waals surface area contributed by atoms with Crippen LogP contribution in [0.4, 0.5) is 5.69 Å². The summed E-state index contributed by atoms with van der Waals surface area (Å²) >= 11 is 0. The molecule has 1 fully saturated rings. The zero-order valence-electron chi connectivity index (χ0n) is 16.8. The lowest BCUT2D eigenvalue weighted by molar-refractivity contribution is 0.390. The summed E-state index contributed by atoms with van der Waals surface area (Å²) in [6, 6.07) is 12.3. The minimum Gasteiger partial charge on any atom is -0.497 e. The van der Waals surface area contributed by atoms with Crippen LogP contribution >= 0.6 is 0 Å². The summed E-state index contributed by atoms with van der Waals surface area (Å²) in [5.41, 5.74) is 8.06. The number of benzene rings is 2. The molecule has 0 aliphatic heterocycles. The van der Waals surface area contributed by atoms with Gasteiger partial charge in [0.1, 0.15) is 11.5 Å². The van der Waals surface area contributed by atoms with E-state index in [1.54, 1.807) is 37.4 Å². The molecule has 9 heteroatoms. The first-order chi connectivity index (χ1) is 14.4. The average Bonchev–Trinajstić information content (AvgIpc) is 3.49. The molecule has 30 heavy (non-hydrogen) atoms. The van der Waals surface area contributed by atoms with Crippen molar-refractivity contribution in [2.24, 2.45) is 0 Å². The minimum atomic E-state index is -3.86. The molecular formula is C21H24N4O4S. The van der Waals surface area contributed by atoms with Gasteiger partial charge in [0.15, 0.2) is 0 Å². The van der Waals surface area contributed by atoms with Crippen LogP contribution < -0.4 is 19.9 Å². The maximum absolute atomic E-state index is 13.2. The van der Waals surface area contributed by atoms with Crippen molar-refractivity contribution >= 4 is 15.7 Å². The van der Waals surface area contributed by atoms with Crippen molar-refractivity contribution in [1.29, 1.82) is 0 Å². The molecule has 1 saturated carbocycles. The van der Waals surface area contributed by atoms with Crippen molar-refractivity contribution in [1.82, 2.24) is 14.5 Å². The Hall–Kier alpha value is -3.04. The number of methoxy groups -OCH3 is 2. The minimum absolute atomic E-state index is 0.0558. The first kappa shape index (κ1) is 20.2. The second kappa shape index (κ2) is 8.00. The summed E-state index contributed by atoms with van der Waals surface area (Å²) in [4.78, 5) is 0.0935. The SMILES string of the molecule is COc1ccc(CNS(=O)(=O)c2cc(N)ccc2-c2ccn(C3CC3)n2)c(OC)c1. The third-order valence-corrected chi connectivity index (χ3v) is 6.49. The molecular weight excluding hydrogens is 404 g/mol. The van der Waals surface area contributed by atoms with E-state index in [1.807, 2.05) is 16.9 Å². The van der Waals surface area contributed by atoms with Crippen molar-refractivity contribution in [2.45, 2.75) is 30.3 Å². The smallest absolute Gasteiger partial charge is 0.241 e. The Balaban J connectivity index is 1.63. The zero-order valence-corrected chi connectivity index (χ0v) is 17.6. The van der Waals surface area contributed by atoms with E-state index in [9.17, 15) is 8.42 Å². The lowest BCUT2D eigenvalue weighted by Crippen LogP contribution is -2.24. The summed E-state index contributed by atoms with van der Waals surface area (Å²) in [5.74, 6) is 1.16. The summed E-state index contributed by atoms with van der Waals surface area (Å²) in [6.07, 6.45) is 4.08. The topological polar surface area (TPSA) is 108 Å². The van der Waals surface area contributed by atoms with Gasteiger partial charge in [-0.25, -0.2) is 13.1 Å². The van der Waals surface area contributed by atoms with Gasteiger partial charge in [-0.1, -0.05) is 6.07 Å². The van der Waals surface area contributed by atoms with Crippen LogP contribution in [-0.2, 0) is 16.6 Å². The number of sulfonamides is 1. The molecule has 0 spiro atoms. The summed E-state index contributed by atoms with van der Waals surface area (Å²) < 4.78 is 41.4. The van der Waals surface area contributed by atoms with Crippen LogP contribution in [0.1, 0.15) is 24.4 Å². The van der Waals surface area contributed by atoms with Crippen molar-refractivity contribution in [2.75, 3.05) is 20.0 Å². The van der Waals surface area contributed by atoms with Crippen LogP contribution in [0.3, 0.4) is 0 Å². The van der Waals surface area contributed by atoms with E-state index in [0.717, 1.165) is 12.8 Å². The van der Waals surface area contributed by atoms with E-state index in [2.05, 4.69) is 9.82 Å².